The van der Waals surface area contributed by atoms with Gasteiger partial charge in [-0.2, -0.15) is 0 Å². The van der Waals surface area contributed by atoms with Gasteiger partial charge in [-0.15, -0.1) is 12.4 Å². The summed E-state index contributed by atoms with van der Waals surface area (Å²) in [6.45, 7) is 2.51. The number of ether oxygens (including phenoxy) is 1. The van der Waals surface area contributed by atoms with Crippen LogP contribution in [0.5, 0.6) is 0 Å². The molecule has 0 aromatic carbocycles. The van der Waals surface area contributed by atoms with E-state index in [1.165, 1.54) is 12.4 Å². The number of amides is 1. The molecule has 110 valence electrons. The summed E-state index contributed by atoms with van der Waals surface area (Å²) in [5.74, 6) is 0.310. The van der Waals surface area contributed by atoms with Crippen molar-refractivity contribution in [3.63, 3.8) is 0 Å². The van der Waals surface area contributed by atoms with Crippen molar-refractivity contribution < 1.29 is 9.53 Å². The Labute approximate surface area is 124 Å². The average Bonchev–Trinajstić information content (AvgIpc) is 2.48. The topological polar surface area (TPSA) is 76.1 Å². The van der Waals surface area contributed by atoms with Gasteiger partial charge in [-0.1, -0.05) is 0 Å². The van der Waals surface area contributed by atoms with Gasteiger partial charge in [-0.05, 0) is 18.8 Å². The number of hydrogen-bond donors (Lipinski definition) is 2. The zero-order chi connectivity index (χ0) is 13.1. The lowest BCUT2D eigenvalue weighted by Gasteiger charge is -2.41. The molecule has 1 aromatic rings. The van der Waals surface area contributed by atoms with Crippen molar-refractivity contribution in [3.05, 3.63) is 24.3 Å². The van der Waals surface area contributed by atoms with Crippen molar-refractivity contribution in [2.45, 2.75) is 25.0 Å². The Bertz CT molecular complexity index is 443. The summed E-state index contributed by atoms with van der Waals surface area (Å²) in [7, 11) is 0. The molecule has 2 N–H and O–H groups in total. The van der Waals surface area contributed by atoms with Crippen LogP contribution in [0.1, 0.15) is 23.3 Å². The predicted octanol–water partition coefficient (Wildman–Crippen LogP) is 0.395. The Morgan fingerprint density at radius 1 is 1.40 bits per heavy atom. The zero-order valence-corrected chi connectivity index (χ0v) is 11.9. The second-order valence-corrected chi connectivity index (χ2v) is 5.07. The van der Waals surface area contributed by atoms with Gasteiger partial charge in [0.1, 0.15) is 5.69 Å². The third-order valence-corrected chi connectivity index (χ3v) is 3.77. The molecule has 0 unspecified atom stereocenters. The third-order valence-electron chi connectivity index (χ3n) is 3.77. The van der Waals surface area contributed by atoms with Crippen LogP contribution < -0.4 is 10.6 Å². The number of carbonyl (C=O) groups is 1. The van der Waals surface area contributed by atoms with Gasteiger partial charge in [0, 0.05) is 32.1 Å². The van der Waals surface area contributed by atoms with Crippen LogP contribution in [0.2, 0.25) is 0 Å². The molecule has 2 aliphatic rings. The molecule has 3 atom stereocenters. The molecule has 1 aromatic heterocycles. The molecule has 7 heteroatoms. The lowest BCUT2D eigenvalue weighted by molar-refractivity contribution is -0.0573. The van der Waals surface area contributed by atoms with E-state index in [2.05, 4.69) is 20.6 Å². The van der Waals surface area contributed by atoms with E-state index in [9.17, 15) is 4.79 Å². The predicted molar refractivity (Wildman–Crippen MR) is 75.9 cm³/mol. The molecule has 2 fully saturated rings. The first-order chi connectivity index (χ1) is 9.34. The van der Waals surface area contributed by atoms with E-state index in [0.717, 1.165) is 32.5 Å². The largest absolute Gasteiger partial charge is 0.376 e. The van der Waals surface area contributed by atoms with Crippen molar-refractivity contribution in [2.24, 2.45) is 5.92 Å². The van der Waals surface area contributed by atoms with Gasteiger partial charge in [-0.3, -0.25) is 9.78 Å². The first kappa shape index (κ1) is 15.2. The third kappa shape index (κ3) is 3.26. The highest BCUT2D eigenvalue weighted by Gasteiger charge is 2.36. The van der Waals surface area contributed by atoms with Crippen LogP contribution in [0, 0.1) is 5.92 Å². The number of aromatic nitrogens is 2. The van der Waals surface area contributed by atoms with Crippen molar-refractivity contribution in [2.75, 3.05) is 19.7 Å². The van der Waals surface area contributed by atoms with Gasteiger partial charge in [0.05, 0.1) is 18.3 Å². The summed E-state index contributed by atoms with van der Waals surface area (Å²) < 4.78 is 5.84. The maximum absolute atomic E-state index is 12.1. The fourth-order valence-corrected chi connectivity index (χ4v) is 2.86. The van der Waals surface area contributed by atoms with Crippen LogP contribution in [-0.4, -0.2) is 47.7 Å². The number of piperidine rings is 1. The second-order valence-electron chi connectivity index (χ2n) is 5.07. The molecule has 0 bridgehead atoms. The Hall–Kier alpha value is -1.24. The monoisotopic (exact) mass is 298 g/mol. The van der Waals surface area contributed by atoms with Crippen LogP contribution in [0.15, 0.2) is 18.6 Å². The van der Waals surface area contributed by atoms with Gasteiger partial charge >= 0.3 is 0 Å². The maximum atomic E-state index is 12.1. The summed E-state index contributed by atoms with van der Waals surface area (Å²) in [6, 6.07) is 0.00792. The highest BCUT2D eigenvalue weighted by molar-refractivity contribution is 5.92. The van der Waals surface area contributed by atoms with Crippen LogP contribution in [0.3, 0.4) is 0 Å². The normalized spacial score (nSPS) is 28.9. The van der Waals surface area contributed by atoms with Crippen molar-refractivity contribution in [3.8, 4) is 0 Å². The highest BCUT2D eigenvalue weighted by Crippen LogP contribution is 2.25. The van der Waals surface area contributed by atoms with Crippen molar-refractivity contribution >= 4 is 18.3 Å². The molecule has 2 aliphatic heterocycles. The molecule has 20 heavy (non-hydrogen) atoms. The molecule has 0 spiro atoms. The highest BCUT2D eigenvalue weighted by atomic mass is 35.5. The van der Waals surface area contributed by atoms with Crippen LogP contribution in [0.25, 0.3) is 0 Å². The first-order valence-corrected chi connectivity index (χ1v) is 6.74. The van der Waals surface area contributed by atoms with Crippen LogP contribution >= 0.6 is 12.4 Å². The average molecular weight is 299 g/mol. The lowest BCUT2D eigenvalue weighted by atomic mass is 9.86. The fourth-order valence-electron chi connectivity index (χ4n) is 2.86. The first-order valence-electron chi connectivity index (χ1n) is 6.74. The van der Waals surface area contributed by atoms with Crippen molar-refractivity contribution in [1.82, 2.24) is 20.6 Å². The Balaban J connectivity index is 0.00000147. The van der Waals surface area contributed by atoms with E-state index in [1.54, 1.807) is 6.20 Å². The molecular formula is C13H19ClN4O2. The zero-order valence-electron chi connectivity index (χ0n) is 11.1. The quantitative estimate of drug-likeness (QED) is 0.826. The number of nitrogens with one attached hydrogen (secondary N) is 2. The molecule has 1 amide bonds. The van der Waals surface area contributed by atoms with E-state index >= 15 is 0 Å². The Morgan fingerprint density at radius 2 is 2.30 bits per heavy atom. The molecule has 0 saturated carbocycles. The molecule has 2 saturated heterocycles. The smallest absolute Gasteiger partial charge is 0.271 e. The standard InChI is InChI=1S/C13H18N4O2.ClH/c18-13(11-8-14-3-4-16-11)17-10-7-15-6-9-2-1-5-19-12(9)10;/h3-4,8-10,12,15H,1-2,5-7H2,(H,17,18);1H/t9-,10+,12-;/m0./s1. The van der Waals surface area contributed by atoms with Gasteiger partial charge in [0.15, 0.2) is 0 Å². The maximum Gasteiger partial charge on any atom is 0.271 e. The summed E-state index contributed by atoms with van der Waals surface area (Å²) in [6.07, 6.45) is 6.94. The Kier molecular flexibility index (Phi) is 5.28. The molecule has 3 heterocycles. The molecule has 6 nitrogen and oxygen atoms in total. The summed E-state index contributed by atoms with van der Waals surface area (Å²) >= 11 is 0. The summed E-state index contributed by atoms with van der Waals surface area (Å²) in [4.78, 5) is 20.0. The van der Waals surface area contributed by atoms with E-state index in [0.29, 0.717) is 11.6 Å². The van der Waals surface area contributed by atoms with Gasteiger partial charge in [-0.25, -0.2) is 4.98 Å². The van der Waals surface area contributed by atoms with Crippen LogP contribution in [0.4, 0.5) is 0 Å². The van der Waals surface area contributed by atoms with Crippen LogP contribution in [-0.2, 0) is 4.74 Å². The minimum atomic E-state index is -0.185. The minimum absolute atomic E-state index is 0. The van der Waals surface area contributed by atoms with Gasteiger partial charge in [0.25, 0.3) is 5.91 Å². The number of hydrogen-bond acceptors (Lipinski definition) is 5. The Morgan fingerprint density at radius 3 is 3.10 bits per heavy atom. The molecule has 0 aliphatic carbocycles. The number of carbonyl (C=O) groups excluding carboxylic acids is 1. The summed E-state index contributed by atoms with van der Waals surface area (Å²) in [5.41, 5.74) is 0.348. The van der Waals surface area contributed by atoms with E-state index in [4.69, 9.17) is 4.74 Å². The molecular weight excluding hydrogens is 280 g/mol. The van der Waals surface area contributed by atoms with Gasteiger partial charge < -0.3 is 15.4 Å². The fraction of sp³-hybridized carbons (Fsp3) is 0.615. The van der Waals surface area contributed by atoms with E-state index in [1.807, 2.05) is 0 Å². The number of fused-ring (bicyclic) bond motifs is 1. The SMILES string of the molecule is Cl.O=C(N[C@@H]1CNC[C@@H]2CCCO[C@@H]21)c1cnccn1. The van der Waals surface area contributed by atoms with Crippen molar-refractivity contribution in [1.29, 1.82) is 0 Å². The number of rotatable bonds is 2. The van der Waals surface area contributed by atoms with Gasteiger partial charge in [0.2, 0.25) is 0 Å². The molecule has 3 rings (SSSR count). The molecule has 0 radical (unpaired) electrons. The number of nitrogens with zero attached hydrogens (tertiary/aromatic N) is 2. The second kappa shape index (κ2) is 6.97. The van der Waals surface area contributed by atoms with E-state index in [-0.39, 0.29) is 30.5 Å². The number of halogens is 1. The lowest BCUT2D eigenvalue weighted by Crippen LogP contribution is -2.60. The summed E-state index contributed by atoms with van der Waals surface area (Å²) in [5, 5.41) is 6.37. The minimum Gasteiger partial charge on any atom is -0.376 e. The van der Waals surface area contributed by atoms with E-state index < -0.39 is 0 Å².